The first kappa shape index (κ1) is 15.6. The van der Waals surface area contributed by atoms with E-state index >= 15 is 0 Å². The minimum Gasteiger partial charge on any atom is -0.480 e. The molecule has 0 saturated carbocycles. The van der Waals surface area contributed by atoms with Gasteiger partial charge in [-0.3, -0.25) is 0 Å². The number of pyridine rings is 1. The van der Waals surface area contributed by atoms with Crippen LogP contribution in [-0.4, -0.2) is 23.9 Å². The fourth-order valence-electron chi connectivity index (χ4n) is 2.48. The number of nitrogens with zero attached hydrogens (tertiary/aromatic N) is 1. The Balaban J connectivity index is 1.73. The number of ether oxygens (including phenoxy) is 1. The molecule has 23 heavy (non-hydrogen) atoms. The molecule has 1 aliphatic heterocycles. The molecule has 2 N–H and O–H groups in total. The van der Waals surface area contributed by atoms with Gasteiger partial charge in [0.05, 0.1) is 13.2 Å². The normalized spacial score (nSPS) is 16.3. The summed E-state index contributed by atoms with van der Waals surface area (Å²) in [7, 11) is 1.49. The molecule has 0 bridgehead atoms. The molecule has 2 aromatic rings. The summed E-state index contributed by atoms with van der Waals surface area (Å²) in [5, 5.41) is 5.60. The number of methoxy groups -OCH3 is 1. The summed E-state index contributed by atoms with van der Waals surface area (Å²) in [4.78, 5) is 17.3. The molecule has 1 aliphatic rings. The maximum absolute atomic E-state index is 13.5. The van der Waals surface area contributed by atoms with Crippen molar-refractivity contribution < 1.29 is 13.9 Å². The quantitative estimate of drug-likeness (QED) is 0.901. The zero-order chi connectivity index (χ0) is 16.2. The third-order valence-corrected chi connectivity index (χ3v) is 4.65. The number of hydrogen-bond acceptors (Lipinski definition) is 4. The molecule has 0 radical (unpaired) electrons. The number of carbonyl (C=O) groups is 1. The van der Waals surface area contributed by atoms with Gasteiger partial charge < -0.3 is 15.4 Å². The minimum atomic E-state index is -0.372. The second-order valence-corrected chi connectivity index (χ2v) is 6.17. The number of benzene rings is 1. The molecule has 2 heterocycles. The van der Waals surface area contributed by atoms with Crippen molar-refractivity contribution in [1.29, 1.82) is 0 Å². The molecule has 5 nitrogen and oxygen atoms in total. The molecule has 0 spiro atoms. The van der Waals surface area contributed by atoms with E-state index in [1.807, 2.05) is 0 Å². The Kier molecular flexibility index (Phi) is 4.66. The minimum absolute atomic E-state index is 0.218. The van der Waals surface area contributed by atoms with Crippen LogP contribution in [0.1, 0.15) is 18.0 Å². The van der Waals surface area contributed by atoms with Gasteiger partial charge in [-0.25, -0.2) is 14.2 Å². The van der Waals surface area contributed by atoms with Crippen molar-refractivity contribution in [3.63, 3.8) is 0 Å². The van der Waals surface area contributed by atoms with Crippen molar-refractivity contribution in [2.45, 2.75) is 17.4 Å². The largest absolute Gasteiger partial charge is 0.480 e. The molecule has 1 atom stereocenters. The van der Waals surface area contributed by atoms with Crippen molar-refractivity contribution in [2.75, 3.05) is 18.2 Å². The van der Waals surface area contributed by atoms with Crippen LogP contribution in [0, 0.1) is 5.82 Å². The Bertz CT molecular complexity index is 726. The summed E-state index contributed by atoms with van der Waals surface area (Å²) in [6, 6.07) is 7.50. The molecular weight excluding hydrogens is 317 g/mol. The number of carbonyl (C=O) groups excluding carboxylic acids is 1. The average Bonchev–Trinajstić information content (AvgIpc) is 2.56. The van der Waals surface area contributed by atoms with E-state index in [-0.39, 0.29) is 17.9 Å². The third-order valence-electron chi connectivity index (χ3n) is 3.53. The number of urea groups is 1. The Hall–Kier alpha value is -2.28. The molecule has 0 aliphatic carbocycles. The maximum atomic E-state index is 13.5. The predicted octanol–water partition coefficient (Wildman–Crippen LogP) is 3.59. The summed E-state index contributed by atoms with van der Waals surface area (Å²) in [6.45, 7) is 0. The van der Waals surface area contributed by atoms with Gasteiger partial charge in [-0.1, -0.05) is 0 Å². The lowest BCUT2D eigenvalue weighted by Gasteiger charge is -2.26. The molecule has 2 amide bonds. The lowest BCUT2D eigenvalue weighted by molar-refractivity contribution is 0.248. The standard InChI is InChI=1S/C16H16FN3O2S/c1-22-15-13(3-2-7-18-15)20-16(21)19-12-6-8-23-14-5-4-10(17)9-11(12)14/h2-5,7,9,12H,6,8H2,1H3,(H2,19,20,21)/t12-/m0/s1. The van der Waals surface area contributed by atoms with Crippen molar-refractivity contribution in [2.24, 2.45) is 0 Å². The number of amides is 2. The van der Waals surface area contributed by atoms with Crippen LogP contribution < -0.4 is 15.4 Å². The van der Waals surface area contributed by atoms with Crippen LogP contribution in [-0.2, 0) is 0 Å². The van der Waals surface area contributed by atoms with E-state index in [2.05, 4.69) is 15.6 Å². The monoisotopic (exact) mass is 333 g/mol. The molecule has 1 aromatic carbocycles. The molecule has 0 fully saturated rings. The summed E-state index contributed by atoms with van der Waals surface area (Å²) in [5.74, 6) is 0.917. The van der Waals surface area contributed by atoms with Crippen LogP contribution in [0.4, 0.5) is 14.9 Å². The van der Waals surface area contributed by atoms with E-state index in [1.165, 1.54) is 19.2 Å². The van der Waals surface area contributed by atoms with Gasteiger partial charge >= 0.3 is 6.03 Å². The number of hydrogen-bond donors (Lipinski definition) is 2. The molecule has 0 saturated heterocycles. The Morgan fingerprint density at radius 3 is 3.13 bits per heavy atom. The number of thioether (sulfide) groups is 1. The second kappa shape index (κ2) is 6.87. The Labute approximate surface area is 137 Å². The maximum Gasteiger partial charge on any atom is 0.319 e. The lowest BCUT2D eigenvalue weighted by atomic mass is 10.0. The van der Waals surface area contributed by atoms with Crippen LogP contribution in [0.5, 0.6) is 5.88 Å². The van der Waals surface area contributed by atoms with Crippen molar-refractivity contribution in [3.05, 3.63) is 47.9 Å². The van der Waals surface area contributed by atoms with E-state index in [4.69, 9.17) is 4.74 Å². The van der Waals surface area contributed by atoms with Gasteiger partial charge in [0, 0.05) is 16.8 Å². The van der Waals surface area contributed by atoms with Gasteiger partial charge in [-0.2, -0.15) is 0 Å². The number of nitrogens with one attached hydrogen (secondary N) is 2. The number of anilines is 1. The van der Waals surface area contributed by atoms with E-state index in [1.54, 1.807) is 36.2 Å². The first-order valence-corrected chi connectivity index (χ1v) is 8.14. The Morgan fingerprint density at radius 2 is 2.30 bits per heavy atom. The number of rotatable bonds is 3. The van der Waals surface area contributed by atoms with E-state index in [0.717, 1.165) is 22.6 Å². The first-order valence-electron chi connectivity index (χ1n) is 7.16. The summed E-state index contributed by atoms with van der Waals surface area (Å²) in [6.07, 6.45) is 2.33. The number of halogens is 1. The highest BCUT2D eigenvalue weighted by atomic mass is 32.2. The molecule has 3 rings (SSSR count). The first-order chi connectivity index (χ1) is 11.2. The highest BCUT2D eigenvalue weighted by molar-refractivity contribution is 7.99. The Morgan fingerprint density at radius 1 is 1.43 bits per heavy atom. The number of fused-ring (bicyclic) bond motifs is 1. The van der Waals surface area contributed by atoms with Crippen LogP contribution in [0.3, 0.4) is 0 Å². The van der Waals surface area contributed by atoms with Gasteiger partial charge in [-0.05, 0) is 42.3 Å². The molecule has 1 aromatic heterocycles. The smallest absolute Gasteiger partial charge is 0.319 e. The predicted molar refractivity (Wildman–Crippen MR) is 87.4 cm³/mol. The average molecular weight is 333 g/mol. The van der Waals surface area contributed by atoms with Crippen molar-refractivity contribution >= 4 is 23.5 Å². The van der Waals surface area contributed by atoms with Gasteiger partial charge in [0.15, 0.2) is 0 Å². The zero-order valence-corrected chi connectivity index (χ0v) is 13.3. The fraction of sp³-hybridized carbons (Fsp3) is 0.250. The van der Waals surface area contributed by atoms with Crippen LogP contribution in [0.2, 0.25) is 0 Å². The van der Waals surface area contributed by atoms with Crippen molar-refractivity contribution in [1.82, 2.24) is 10.3 Å². The van der Waals surface area contributed by atoms with Crippen molar-refractivity contribution in [3.8, 4) is 5.88 Å². The van der Waals surface area contributed by atoms with Gasteiger partial charge in [0.25, 0.3) is 0 Å². The molecule has 120 valence electrons. The summed E-state index contributed by atoms with van der Waals surface area (Å²) < 4.78 is 18.6. The van der Waals surface area contributed by atoms with Gasteiger partial charge in [-0.15, -0.1) is 11.8 Å². The van der Waals surface area contributed by atoms with E-state index in [0.29, 0.717) is 11.6 Å². The van der Waals surface area contributed by atoms with E-state index < -0.39 is 0 Å². The molecule has 0 unspecified atom stereocenters. The zero-order valence-electron chi connectivity index (χ0n) is 12.5. The van der Waals surface area contributed by atoms with Crippen LogP contribution in [0.15, 0.2) is 41.4 Å². The second-order valence-electron chi connectivity index (χ2n) is 5.03. The number of aromatic nitrogens is 1. The SMILES string of the molecule is COc1ncccc1NC(=O)N[C@H]1CCSc2ccc(F)cc21. The molecule has 7 heteroatoms. The topological polar surface area (TPSA) is 63.2 Å². The van der Waals surface area contributed by atoms with E-state index in [9.17, 15) is 9.18 Å². The summed E-state index contributed by atoms with van der Waals surface area (Å²) in [5.41, 5.74) is 1.30. The van der Waals surface area contributed by atoms with Gasteiger partial charge in [0.2, 0.25) is 5.88 Å². The highest BCUT2D eigenvalue weighted by Gasteiger charge is 2.23. The third kappa shape index (κ3) is 3.56. The van der Waals surface area contributed by atoms with Crippen LogP contribution >= 0.6 is 11.8 Å². The van der Waals surface area contributed by atoms with Crippen LogP contribution in [0.25, 0.3) is 0 Å². The highest BCUT2D eigenvalue weighted by Crippen LogP contribution is 2.36. The van der Waals surface area contributed by atoms with Gasteiger partial charge in [0.1, 0.15) is 11.5 Å². The summed E-state index contributed by atoms with van der Waals surface area (Å²) >= 11 is 1.67. The fourth-order valence-corrected chi connectivity index (χ4v) is 3.59. The molecular formula is C16H16FN3O2S. The lowest BCUT2D eigenvalue weighted by Crippen LogP contribution is -2.34.